The maximum absolute atomic E-state index is 13.9. The van der Waals surface area contributed by atoms with Crippen LogP contribution in [0.2, 0.25) is 0 Å². The van der Waals surface area contributed by atoms with E-state index in [2.05, 4.69) is 20.8 Å². The molecule has 0 radical (unpaired) electrons. The van der Waals surface area contributed by atoms with Crippen molar-refractivity contribution in [2.24, 2.45) is 40.4 Å². The van der Waals surface area contributed by atoms with Gasteiger partial charge in [0.15, 0.2) is 11.6 Å². The first-order valence-corrected chi connectivity index (χ1v) is 12.4. The van der Waals surface area contributed by atoms with Crippen molar-refractivity contribution in [1.29, 1.82) is 0 Å². The van der Waals surface area contributed by atoms with E-state index in [4.69, 9.17) is 18.9 Å². The summed E-state index contributed by atoms with van der Waals surface area (Å²) in [5, 5.41) is 0. The van der Waals surface area contributed by atoms with Crippen LogP contribution in [0.15, 0.2) is 0 Å². The molecule has 0 unspecified atom stereocenters. The first-order valence-electron chi connectivity index (χ1n) is 12.4. The predicted molar refractivity (Wildman–Crippen MR) is 111 cm³/mol. The lowest BCUT2D eigenvalue weighted by atomic mass is 9.44. The van der Waals surface area contributed by atoms with Crippen molar-refractivity contribution < 1.29 is 23.7 Å². The van der Waals surface area contributed by atoms with E-state index in [0.29, 0.717) is 49.1 Å². The number of ether oxygens (including phenoxy) is 4. The Labute approximate surface area is 180 Å². The number of rotatable bonds is 1. The van der Waals surface area contributed by atoms with Gasteiger partial charge in [-0.2, -0.15) is 0 Å². The Balaban J connectivity index is 1.29. The molecule has 0 amide bonds. The van der Waals surface area contributed by atoms with E-state index >= 15 is 0 Å². The molecule has 5 heteroatoms. The minimum Gasteiger partial charge on any atom is -0.348 e. The van der Waals surface area contributed by atoms with Gasteiger partial charge in [-0.3, -0.25) is 4.79 Å². The molecule has 6 fully saturated rings. The number of carbonyl (C=O) groups excluding carboxylic acids is 1. The molecule has 4 saturated carbocycles. The maximum atomic E-state index is 13.9. The fourth-order valence-corrected chi connectivity index (χ4v) is 9.36. The highest BCUT2D eigenvalue weighted by Gasteiger charge is 2.67. The molecule has 2 aliphatic heterocycles. The summed E-state index contributed by atoms with van der Waals surface area (Å²) in [6.07, 6.45) is 8.41. The Bertz CT molecular complexity index is 723. The number of carbonyl (C=O) groups is 1. The second kappa shape index (κ2) is 6.52. The van der Waals surface area contributed by atoms with Gasteiger partial charge in [-0.1, -0.05) is 13.8 Å². The Morgan fingerprint density at radius 3 is 2.23 bits per heavy atom. The van der Waals surface area contributed by atoms with Crippen molar-refractivity contribution in [1.82, 2.24) is 0 Å². The summed E-state index contributed by atoms with van der Waals surface area (Å²) in [5.41, 5.74) is 0.109. The topological polar surface area (TPSA) is 54.0 Å². The third-order valence-electron chi connectivity index (χ3n) is 10.7. The van der Waals surface area contributed by atoms with Gasteiger partial charge in [0.1, 0.15) is 5.78 Å². The van der Waals surface area contributed by atoms with E-state index in [1.165, 1.54) is 19.3 Å². The van der Waals surface area contributed by atoms with Crippen molar-refractivity contribution in [2.45, 2.75) is 83.7 Å². The second-order valence-corrected chi connectivity index (χ2v) is 11.8. The molecule has 168 valence electrons. The second-order valence-electron chi connectivity index (χ2n) is 11.8. The zero-order chi connectivity index (χ0) is 20.8. The highest BCUT2D eigenvalue weighted by atomic mass is 16.7. The number of Topliss-reactive ketones (excluding diaryl/α,β-unsaturated/α-hetero) is 1. The molecule has 0 aromatic heterocycles. The Hall–Kier alpha value is -0.490. The average Bonchev–Trinajstić information content (AvgIpc) is 3.41. The summed E-state index contributed by atoms with van der Waals surface area (Å²) in [4.78, 5) is 13.9. The fraction of sp³-hybridized carbons (Fsp3) is 0.960. The van der Waals surface area contributed by atoms with E-state index in [1.807, 2.05) is 0 Å². The van der Waals surface area contributed by atoms with Gasteiger partial charge in [0.05, 0.1) is 26.4 Å². The summed E-state index contributed by atoms with van der Waals surface area (Å²) in [5.74, 6) is 1.86. The Morgan fingerprint density at radius 2 is 1.50 bits per heavy atom. The van der Waals surface area contributed by atoms with Crippen molar-refractivity contribution in [3.63, 3.8) is 0 Å². The van der Waals surface area contributed by atoms with Gasteiger partial charge in [0.2, 0.25) is 0 Å². The minimum atomic E-state index is -0.508. The van der Waals surface area contributed by atoms with E-state index in [0.717, 1.165) is 38.9 Å². The molecule has 2 heterocycles. The van der Waals surface area contributed by atoms with Gasteiger partial charge >= 0.3 is 0 Å². The number of hydrogen-bond acceptors (Lipinski definition) is 5. The molecule has 30 heavy (non-hydrogen) atoms. The molecular weight excluding hydrogens is 380 g/mol. The standard InChI is InChI=1S/C25H38O5/c1-22-8-9-25(29-12-13-30-25)14-16(22)4-5-17-18-6-7-20(24(3)27-10-11-28-24)23(18,2)15-19(26)21(17)22/h16-18,20-21H,4-15H2,1-3H3/t16-,17+,18-,20-,21+,22+,23+/m1/s1. The first-order chi connectivity index (χ1) is 14.3. The van der Waals surface area contributed by atoms with Gasteiger partial charge in [-0.15, -0.1) is 0 Å². The minimum absolute atomic E-state index is 0.00804. The van der Waals surface area contributed by atoms with Crippen LogP contribution >= 0.6 is 0 Å². The number of ketones is 1. The predicted octanol–water partition coefficient (Wildman–Crippen LogP) is 4.33. The Morgan fingerprint density at radius 1 is 0.800 bits per heavy atom. The van der Waals surface area contributed by atoms with Crippen molar-refractivity contribution in [2.75, 3.05) is 26.4 Å². The first kappa shape index (κ1) is 20.1. The number of fused-ring (bicyclic) bond motifs is 5. The van der Waals surface area contributed by atoms with Crippen molar-refractivity contribution in [3.05, 3.63) is 0 Å². The monoisotopic (exact) mass is 418 g/mol. The van der Waals surface area contributed by atoms with Crippen LogP contribution in [-0.4, -0.2) is 43.8 Å². The van der Waals surface area contributed by atoms with Crippen LogP contribution in [-0.2, 0) is 23.7 Å². The molecule has 0 aromatic rings. The average molecular weight is 419 g/mol. The van der Waals surface area contributed by atoms with Gasteiger partial charge < -0.3 is 18.9 Å². The van der Waals surface area contributed by atoms with E-state index < -0.39 is 5.79 Å². The molecule has 7 atom stereocenters. The van der Waals surface area contributed by atoms with Crippen LogP contribution in [0.5, 0.6) is 0 Å². The zero-order valence-corrected chi connectivity index (χ0v) is 18.9. The van der Waals surface area contributed by atoms with Gasteiger partial charge in [-0.25, -0.2) is 0 Å². The quantitative estimate of drug-likeness (QED) is 0.634. The molecule has 6 rings (SSSR count). The normalized spacial score (nSPS) is 51.6. The smallest absolute Gasteiger partial charge is 0.169 e. The van der Waals surface area contributed by atoms with Crippen LogP contribution in [0.3, 0.4) is 0 Å². The van der Waals surface area contributed by atoms with Crippen LogP contribution < -0.4 is 0 Å². The molecule has 4 aliphatic carbocycles. The van der Waals surface area contributed by atoms with Gasteiger partial charge in [-0.05, 0) is 67.6 Å². The molecule has 5 nitrogen and oxygen atoms in total. The van der Waals surface area contributed by atoms with Crippen molar-refractivity contribution in [3.8, 4) is 0 Å². The lowest BCUT2D eigenvalue weighted by Gasteiger charge is -2.61. The molecule has 6 aliphatic rings. The SMILES string of the molecule is CC1([C@@H]2CC[C@@H]3[C@@H]4CC[C@@H]5CC6(CC[C@]5(C)[C@@H]4C(=O)C[C@@]32C)OCCO6)OCCO1. The lowest BCUT2D eigenvalue weighted by molar-refractivity contribution is -0.234. The third-order valence-corrected chi connectivity index (χ3v) is 10.7. The van der Waals surface area contributed by atoms with Crippen LogP contribution in [0, 0.1) is 40.4 Å². The largest absolute Gasteiger partial charge is 0.348 e. The maximum Gasteiger partial charge on any atom is 0.169 e. The van der Waals surface area contributed by atoms with E-state index in [1.54, 1.807) is 0 Å². The van der Waals surface area contributed by atoms with Crippen LogP contribution in [0.4, 0.5) is 0 Å². The van der Waals surface area contributed by atoms with Crippen LogP contribution in [0.1, 0.15) is 72.1 Å². The molecule has 1 spiro atoms. The molecule has 2 saturated heterocycles. The zero-order valence-electron chi connectivity index (χ0n) is 18.9. The van der Waals surface area contributed by atoms with Crippen LogP contribution in [0.25, 0.3) is 0 Å². The lowest BCUT2D eigenvalue weighted by Crippen LogP contribution is -2.60. The Kier molecular flexibility index (Phi) is 4.38. The summed E-state index contributed by atoms with van der Waals surface area (Å²) in [7, 11) is 0. The summed E-state index contributed by atoms with van der Waals surface area (Å²) >= 11 is 0. The molecular formula is C25H38O5. The summed E-state index contributed by atoms with van der Waals surface area (Å²) in [6.45, 7) is 9.73. The highest BCUT2D eigenvalue weighted by Crippen LogP contribution is 2.68. The molecule has 0 aromatic carbocycles. The van der Waals surface area contributed by atoms with Gasteiger partial charge in [0.25, 0.3) is 0 Å². The summed E-state index contributed by atoms with van der Waals surface area (Å²) < 4.78 is 24.4. The molecule has 0 bridgehead atoms. The van der Waals surface area contributed by atoms with E-state index in [-0.39, 0.29) is 22.5 Å². The highest BCUT2D eigenvalue weighted by molar-refractivity contribution is 5.84. The number of hydrogen-bond donors (Lipinski definition) is 0. The fourth-order valence-electron chi connectivity index (χ4n) is 9.36. The van der Waals surface area contributed by atoms with E-state index in [9.17, 15) is 4.79 Å². The van der Waals surface area contributed by atoms with Crippen molar-refractivity contribution >= 4 is 5.78 Å². The third kappa shape index (κ3) is 2.58. The van der Waals surface area contributed by atoms with Gasteiger partial charge in [0, 0.05) is 31.1 Å². The summed E-state index contributed by atoms with van der Waals surface area (Å²) in [6, 6.07) is 0. The molecule has 0 N–H and O–H groups in total.